The Morgan fingerprint density at radius 3 is 2.61 bits per heavy atom. The average Bonchev–Trinajstić information content (AvgIpc) is 3.19. The molecule has 2 saturated heterocycles. The van der Waals surface area contributed by atoms with Crippen LogP contribution in [0.25, 0.3) is 11.1 Å². The first-order valence-corrected chi connectivity index (χ1v) is 11.5. The summed E-state index contributed by atoms with van der Waals surface area (Å²) in [7, 11) is 0. The Labute approximate surface area is 194 Å². The van der Waals surface area contributed by atoms with Crippen LogP contribution in [-0.2, 0) is 16.0 Å². The molecule has 2 aliphatic rings. The molecule has 2 amide bonds. The van der Waals surface area contributed by atoms with E-state index in [9.17, 15) is 14.0 Å². The van der Waals surface area contributed by atoms with E-state index in [1.54, 1.807) is 23.1 Å². The molecule has 33 heavy (non-hydrogen) atoms. The molecule has 0 saturated carbocycles. The average molecular weight is 451 g/mol. The smallest absolute Gasteiger partial charge is 0.228 e. The molecular weight excluding hydrogens is 419 g/mol. The number of nitrogens with zero attached hydrogens (tertiary/aromatic N) is 2. The molecule has 3 atom stereocenters. The van der Waals surface area contributed by atoms with Gasteiger partial charge in [-0.3, -0.25) is 20.4 Å². The van der Waals surface area contributed by atoms with Gasteiger partial charge in [-0.1, -0.05) is 48.5 Å². The molecule has 2 N–H and O–H groups in total. The molecule has 2 fully saturated rings. The number of hydrogen-bond donors (Lipinski definition) is 2. The van der Waals surface area contributed by atoms with Crippen molar-refractivity contribution in [1.82, 2.24) is 20.7 Å². The van der Waals surface area contributed by atoms with E-state index in [2.05, 4.69) is 17.4 Å². The maximum atomic E-state index is 14.1. The van der Waals surface area contributed by atoms with Crippen molar-refractivity contribution in [1.29, 1.82) is 0 Å². The van der Waals surface area contributed by atoms with E-state index < -0.39 is 0 Å². The minimum atomic E-state index is -0.340. The third-order valence-electron chi connectivity index (χ3n) is 6.60. The SMILES string of the molecule is C=CCN1CCN(C(=O)C2CNNC2C)CC(Cc2ccc(-c3ccccc3F)cc2)C1=O. The Morgan fingerprint density at radius 1 is 1.18 bits per heavy atom. The summed E-state index contributed by atoms with van der Waals surface area (Å²) in [5.74, 6) is -0.629. The van der Waals surface area contributed by atoms with Gasteiger partial charge in [-0.15, -0.1) is 6.58 Å². The van der Waals surface area contributed by atoms with Gasteiger partial charge in [-0.25, -0.2) is 4.39 Å². The third-order valence-corrected chi connectivity index (χ3v) is 6.60. The van der Waals surface area contributed by atoms with Crippen LogP contribution in [0.1, 0.15) is 12.5 Å². The van der Waals surface area contributed by atoms with Gasteiger partial charge in [0.2, 0.25) is 11.8 Å². The zero-order chi connectivity index (χ0) is 23.4. The number of rotatable bonds is 6. The summed E-state index contributed by atoms with van der Waals surface area (Å²) in [6.45, 7) is 8.23. The Morgan fingerprint density at radius 2 is 1.94 bits per heavy atom. The Balaban J connectivity index is 1.53. The largest absolute Gasteiger partial charge is 0.340 e. The first kappa shape index (κ1) is 23.1. The van der Waals surface area contributed by atoms with Crippen molar-refractivity contribution >= 4 is 11.8 Å². The fourth-order valence-electron chi connectivity index (χ4n) is 4.68. The summed E-state index contributed by atoms with van der Waals surface area (Å²) in [6, 6.07) is 14.4. The lowest BCUT2D eigenvalue weighted by Gasteiger charge is -2.27. The van der Waals surface area contributed by atoms with E-state index >= 15 is 0 Å². The summed E-state index contributed by atoms with van der Waals surface area (Å²) in [5, 5.41) is 0. The number of nitrogens with one attached hydrogen (secondary N) is 2. The lowest BCUT2D eigenvalue weighted by molar-refractivity contribution is -0.136. The number of amides is 2. The van der Waals surface area contributed by atoms with Crippen LogP contribution in [0.4, 0.5) is 4.39 Å². The van der Waals surface area contributed by atoms with E-state index in [0.717, 1.165) is 11.1 Å². The Hall–Kier alpha value is -3.03. The normalized spacial score (nSPS) is 23.5. The second kappa shape index (κ2) is 10.3. The Kier molecular flexibility index (Phi) is 7.20. The van der Waals surface area contributed by atoms with Crippen molar-refractivity contribution in [3.63, 3.8) is 0 Å². The number of carbonyl (C=O) groups excluding carboxylic acids is 2. The van der Waals surface area contributed by atoms with E-state index in [4.69, 9.17) is 0 Å². The van der Waals surface area contributed by atoms with Crippen LogP contribution >= 0.6 is 0 Å². The zero-order valence-electron chi connectivity index (χ0n) is 19.0. The molecule has 0 aliphatic carbocycles. The van der Waals surface area contributed by atoms with Crippen molar-refractivity contribution in [2.24, 2.45) is 11.8 Å². The molecule has 0 bridgehead atoms. The minimum absolute atomic E-state index is 0.0408. The van der Waals surface area contributed by atoms with Gasteiger partial charge in [-0.2, -0.15) is 0 Å². The van der Waals surface area contributed by atoms with Crippen LogP contribution < -0.4 is 10.9 Å². The van der Waals surface area contributed by atoms with Gasteiger partial charge in [-0.05, 0) is 30.5 Å². The predicted molar refractivity (Wildman–Crippen MR) is 126 cm³/mol. The summed E-state index contributed by atoms with van der Waals surface area (Å²) in [5.41, 5.74) is 8.49. The highest BCUT2D eigenvalue weighted by Crippen LogP contribution is 2.25. The Bertz CT molecular complexity index is 1010. The fourth-order valence-corrected chi connectivity index (χ4v) is 4.68. The second-order valence-corrected chi connectivity index (χ2v) is 8.86. The summed E-state index contributed by atoms with van der Waals surface area (Å²) >= 11 is 0. The monoisotopic (exact) mass is 450 g/mol. The number of hydrogen-bond acceptors (Lipinski definition) is 4. The number of carbonyl (C=O) groups is 2. The number of benzene rings is 2. The highest BCUT2D eigenvalue weighted by atomic mass is 19.1. The molecule has 2 heterocycles. The van der Waals surface area contributed by atoms with Crippen molar-refractivity contribution < 1.29 is 14.0 Å². The molecule has 3 unspecified atom stereocenters. The van der Waals surface area contributed by atoms with E-state index in [1.807, 2.05) is 42.2 Å². The second-order valence-electron chi connectivity index (χ2n) is 8.86. The van der Waals surface area contributed by atoms with Gasteiger partial charge in [0.25, 0.3) is 0 Å². The van der Waals surface area contributed by atoms with Crippen LogP contribution in [0.15, 0.2) is 61.2 Å². The van der Waals surface area contributed by atoms with Crippen LogP contribution in [0.2, 0.25) is 0 Å². The fraction of sp³-hybridized carbons (Fsp3) is 0.385. The molecule has 2 aliphatic heterocycles. The topological polar surface area (TPSA) is 64.7 Å². The molecule has 0 radical (unpaired) electrons. The molecule has 2 aromatic carbocycles. The van der Waals surface area contributed by atoms with Gasteiger partial charge >= 0.3 is 0 Å². The first-order chi connectivity index (χ1) is 16.0. The molecular formula is C26H31FN4O2. The van der Waals surface area contributed by atoms with Gasteiger partial charge in [0.15, 0.2) is 0 Å². The third kappa shape index (κ3) is 5.15. The molecule has 0 aromatic heterocycles. The number of halogens is 1. The quantitative estimate of drug-likeness (QED) is 0.665. The van der Waals surface area contributed by atoms with Crippen LogP contribution in [0.3, 0.4) is 0 Å². The molecule has 174 valence electrons. The highest BCUT2D eigenvalue weighted by Gasteiger charge is 2.37. The van der Waals surface area contributed by atoms with E-state index in [-0.39, 0.29) is 35.5 Å². The summed E-state index contributed by atoms with van der Waals surface area (Å²) < 4.78 is 14.1. The van der Waals surface area contributed by atoms with Gasteiger partial charge in [0.1, 0.15) is 5.82 Å². The van der Waals surface area contributed by atoms with Crippen LogP contribution in [0.5, 0.6) is 0 Å². The van der Waals surface area contributed by atoms with E-state index in [0.29, 0.717) is 44.7 Å². The summed E-state index contributed by atoms with van der Waals surface area (Å²) in [6.07, 6.45) is 2.24. The highest BCUT2D eigenvalue weighted by molar-refractivity contribution is 5.84. The molecule has 6 nitrogen and oxygen atoms in total. The molecule has 2 aromatic rings. The first-order valence-electron chi connectivity index (χ1n) is 11.5. The van der Waals surface area contributed by atoms with Gasteiger partial charge < -0.3 is 9.80 Å². The zero-order valence-corrected chi connectivity index (χ0v) is 19.0. The minimum Gasteiger partial charge on any atom is -0.340 e. The van der Waals surface area contributed by atoms with Crippen molar-refractivity contribution in [3.05, 3.63) is 72.6 Å². The lowest BCUT2D eigenvalue weighted by atomic mass is 9.95. The number of hydrazine groups is 1. The van der Waals surface area contributed by atoms with Crippen molar-refractivity contribution in [2.45, 2.75) is 19.4 Å². The lowest BCUT2D eigenvalue weighted by Crippen LogP contribution is -2.44. The van der Waals surface area contributed by atoms with E-state index in [1.165, 1.54) is 6.07 Å². The summed E-state index contributed by atoms with van der Waals surface area (Å²) in [4.78, 5) is 30.1. The van der Waals surface area contributed by atoms with Crippen LogP contribution in [0, 0.1) is 17.7 Å². The standard InChI is InChI=1S/C26H31FN4O2/c1-3-12-30-13-14-31(26(33)23-16-28-29-18(23)2)17-21(25(30)32)15-19-8-10-20(11-9-19)22-6-4-5-7-24(22)27/h3-11,18,21,23,28-29H,1,12-17H2,2H3. The van der Waals surface area contributed by atoms with Crippen LogP contribution in [-0.4, -0.2) is 60.4 Å². The molecule has 4 rings (SSSR count). The molecule has 7 heteroatoms. The predicted octanol–water partition coefficient (Wildman–Crippen LogP) is 2.62. The maximum absolute atomic E-state index is 14.1. The maximum Gasteiger partial charge on any atom is 0.228 e. The van der Waals surface area contributed by atoms with Crippen molar-refractivity contribution in [2.75, 3.05) is 32.7 Å². The van der Waals surface area contributed by atoms with Crippen molar-refractivity contribution in [3.8, 4) is 11.1 Å². The van der Waals surface area contributed by atoms with Gasteiger partial charge in [0.05, 0.1) is 11.8 Å². The van der Waals surface area contributed by atoms with Gasteiger partial charge in [0, 0.05) is 44.3 Å². The molecule has 0 spiro atoms.